The van der Waals surface area contributed by atoms with Crippen molar-refractivity contribution in [3.05, 3.63) is 105 Å². The predicted octanol–water partition coefficient (Wildman–Crippen LogP) is 6.42. The number of nitro groups is 1. The first-order valence-electron chi connectivity index (χ1n) is 9.94. The van der Waals surface area contributed by atoms with Crippen molar-refractivity contribution in [1.29, 1.82) is 0 Å². The second kappa shape index (κ2) is 10.8. The third-order valence-corrected chi connectivity index (χ3v) is 6.74. The summed E-state index contributed by atoms with van der Waals surface area (Å²) in [7, 11) is 0. The van der Waals surface area contributed by atoms with Crippen molar-refractivity contribution in [3.8, 4) is 5.75 Å². The normalized spacial score (nSPS) is 14.1. The fourth-order valence-electron chi connectivity index (χ4n) is 3.19. The molecule has 0 atom stereocenters. The highest BCUT2D eigenvalue weighted by Crippen LogP contribution is 2.31. The van der Waals surface area contributed by atoms with Gasteiger partial charge in [0.05, 0.1) is 18.7 Å². The summed E-state index contributed by atoms with van der Waals surface area (Å²) in [5.41, 5.74) is 2.05. The maximum absolute atomic E-state index is 12.4. The van der Waals surface area contributed by atoms with Gasteiger partial charge in [-0.2, -0.15) is 0 Å². The third-order valence-electron chi connectivity index (χ3n) is 4.81. The molecule has 0 radical (unpaired) electrons. The van der Waals surface area contributed by atoms with Crippen LogP contribution in [0.5, 0.6) is 5.75 Å². The lowest BCUT2D eigenvalue weighted by atomic mass is 10.1. The Hall–Kier alpha value is -2.51. The molecular formula is C24H15ClI2N2O5. The van der Waals surface area contributed by atoms with Crippen LogP contribution in [0.4, 0.5) is 5.69 Å². The van der Waals surface area contributed by atoms with Gasteiger partial charge in [0.15, 0.2) is 5.70 Å². The number of hydrogen-bond acceptors (Lipinski definition) is 6. The van der Waals surface area contributed by atoms with Crippen molar-refractivity contribution in [3.63, 3.8) is 0 Å². The molecule has 1 aliphatic heterocycles. The van der Waals surface area contributed by atoms with Gasteiger partial charge in [0.1, 0.15) is 10.8 Å². The first kappa shape index (κ1) is 24.6. The van der Waals surface area contributed by atoms with Gasteiger partial charge in [0.2, 0.25) is 5.90 Å². The average molecular weight is 701 g/mol. The Balaban J connectivity index is 1.53. The highest BCUT2D eigenvalue weighted by molar-refractivity contribution is 14.1. The molecule has 3 aromatic rings. The molecule has 0 spiro atoms. The standard InChI is InChI=1S/C24H15ClI2N2O5/c25-17-7-6-16(13-21(17)29(31)32)23-28-20(24(30)34-23)12-15-10-18(26)22(19(27)11-15)33-9-8-14-4-2-1-3-5-14/h1-7,10-13H,8-9H2/b20-12-. The molecule has 172 valence electrons. The van der Waals surface area contributed by atoms with Gasteiger partial charge in [-0.25, -0.2) is 9.79 Å². The molecule has 3 aromatic carbocycles. The van der Waals surface area contributed by atoms with E-state index in [-0.39, 0.29) is 22.3 Å². The van der Waals surface area contributed by atoms with E-state index in [4.69, 9.17) is 21.1 Å². The Morgan fingerprint density at radius 3 is 2.47 bits per heavy atom. The van der Waals surface area contributed by atoms with Gasteiger partial charge < -0.3 is 9.47 Å². The highest BCUT2D eigenvalue weighted by atomic mass is 127. The second-order valence-electron chi connectivity index (χ2n) is 7.16. The summed E-state index contributed by atoms with van der Waals surface area (Å²) in [6.07, 6.45) is 2.41. The minimum atomic E-state index is -0.638. The average Bonchev–Trinajstić information content (AvgIpc) is 3.16. The summed E-state index contributed by atoms with van der Waals surface area (Å²) in [6, 6.07) is 18.0. The number of halogens is 3. The largest absolute Gasteiger partial charge is 0.491 e. The third kappa shape index (κ3) is 5.76. The number of carbonyl (C=O) groups is 1. The van der Waals surface area contributed by atoms with E-state index >= 15 is 0 Å². The molecule has 0 saturated heterocycles. The lowest BCUT2D eigenvalue weighted by Crippen LogP contribution is -2.06. The van der Waals surface area contributed by atoms with Crippen LogP contribution in [0, 0.1) is 17.3 Å². The van der Waals surface area contributed by atoms with E-state index in [2.05, 4.69) is 62.3 Å². The van der Waals surface area contributed by atoms with Crippen LogP contribution in [0.2, 0.25) is 5.02 Å². The second-order valence-corrected chi connectivity index (χ2v) is 9.89. The van der Waals surface area contributed by atoms with Crippen LogP contribution < -0.4 is 4.74 Å². The van der Waals surface area contributed by atoms with E-state index in [1.165, 1.54) is 23.8 Å². The van der Waals surface area contributed by atoms with Crippen molar-refractivity contribution in [2.24, 2.45) is 4.99 Å². The number of ether oxygens (including phenoxy) is 2. The van der Waals surface area contributed by atoms with Gasteiger partial charge in [0.25, 0.3) is 5.69 Å². The van der Waals surface area contributed by atoms with E-state index in [1.807, 2.05) is 30.3 Å². The van der Waals surface area contributed by atoms with Crippen LogP contribution in [-0.2, 0) is 16.0 Å². The minimum absolute atomic E-state index is 0.00957. The van der Waals surface area contributed by atoms with Crippen LogP contribution in [0.15, 0.2) is 71.4 Å². The van der Waals surface area contributed by atoms with Crippen LogP contribution in [0.3, 0.4) is 0 Å². The quantitative estimate of drug-likeness (QED) is 0.0933. The Morgan fingerprint density at radius 1 is 1.09 bits per heavy atom. The topological polar surface area (TPSA) is 91.0 Å². The monoisotopic (exact) mass is 700 g/mol. The van der Waals surface area contributed by atoms with E-state index in [0.717, 1.165) is 24.9 Å². The zero-order valence-corrected chi connectivity index (χ0v) is 22.4. The summed E-state index contributed by atoms with van der Waals surface area (Å²) in [4.78, 5) is 27.1. The van der Waals surface area contributed by atoms with Crippen LogP contribution in [-0.4, -0.2) is 23.4 Å². The van der Waals surface area contributed by atoms with E-state index in [0.29, 0.717) is 12.2 Å². The molecule has 4 rings (SSSR count). The summed E-state index contributed by atoms with van der Waals surface area (Å²) in [5.74, 6) is 0.132. The summed E-state index contributed by atoms with van der Waals surface area (Å²) < 4.78 is 13.0. The molecule has 34 heavy (non-hydrogen) atoms. The van der Waals surface area contributed by atoms with Gasteiger partial charge in [-0.15, -0.1) is 0 Å². The smallest absolute Gasteiger partial charge is 0.363 e. The molecule has 0 aromatic heterocycles. The van der Waals surface area contributed by atoms with Crippen molar-refractivity contribution in [2.75, 3.05) is 6.61 Å². The van der Waals surface area contributed by atoms with Gasteiger partial charge in [-0.05, 0) is 86.7 Å². The maximum Gasteiger partial charge on any atom is 0.363 e. The first-order valence-corrected chi connectivity index (χ1v) is 12.5. The number of cyclic esters (lactones) is 1. The SMILES string of the molecule is O=C1OC(c2ccc(Cl)c([N+](=O)[O-])c2)=N/C1=C\c1cc(I)c(OCCc2ccccc2)c(I)c1. The van der Waals surface area contributed by atoms with Crippen LogP contribution in [0.25, 0.3) is 6.08 Å². The van der Waals surface area contributed by atoms with Gasteiger partial charge in [-0.1, -0.05) is 41.9 Å². The fraction of sp³-hybridized carbons (Fsp3) is 0.0833. The van der Waals surface area contributed by atoms with E-state index in [9.17, 15) is 14.9 Å². The lowest BCUT2D eigenvalue weighted by Gasteiger charge is -2.11. The molecular weight excluding hydrogens is 686 g/mol. The number of esters is 1. The lowest BCUT2D eigenvalue weighted by molar-refractivity contribution is -0.384. The van der Waals surface area contributed by atoms with Crippen molar-refractivity contribution in [1.82, 2.24) is 0 Å². The molecule has 0 bridgehead atoms. The number of hydrogen-bond donors (Lipinski definition) is 0. The zero-order chi connectivity index (χ0) is 24.2. The van der Waals surface area contributed by atoms with E-state index in [1.54, 1.807) is 6.08 Å². The zero-order valence-electron chi connectivity index (χ0n) is 17.3. The fourth-order valence-corrected chi connectivity index (χ4v) is 5.51. The Labute approximate surface area is 227 Å². The molecule has 0 unspecified atom stereocenters. The summed E-state index contributed by atoms with van der Waals surface area (Å²) >= 11 is 10.2. The Kier molecular flexibility index (Phi) is 7.84. The van der Waals surface area contributed by atoms with Crippen molar-refractivity contribution >= 4 is 80.4 Å². The molecule has 7 nitrogen and oxygen atoms in total. The molecule has 0 amide bonds. The number of nitrogens with zero attached hydrogens (tertiary/aromatic N) is 2. The van der Waals surface area contributed by atoms with Gasteiger partial charge >= 0.3 is 5.97 Å². The number of rotatable bonds is 7. The number of nitro benzene ring substituents is 1. The molecule has 1 heterocycles. The molecule has 1 aliphatic rings. The number of aliphatic imine (C=N–C) groups is 1. The summed E-state index contributed by atoms with van der Waals surface area (Å²) in [5, 5.41) is 11.1. The van der Waals surface area contributed by atoms with Crippen LogP contribution >= 0.6 is 56.8 Å². The van der Waals surface area contributed by atoms with Crippen LogP contribution in [0.1, 0.15) is 16.7 Å². The maximum atomic E-state index is 12.4. The van der Waals surface area contributed by atoms with Crippen molar-refractivity contribution in [2.45, 2.75) is 6.42 Å². The number of benzene rings is 3. The predicted molar refractivity (Wildman–Crippen MR) is 146 cm³/mol. The minimum Gasteiger partial charge on any atom is -0.491 e. The van der Waals surface area contributed by atoms with Gasteiger partial charge in [-0.3, -0.25) is 10.1 Å². The van der Waals surface area contributed by atoms with E-state index < -0.39 is 10.9 Å². The van der Waals surface area contributed by atoms with Crippen molar-refractivity contribution < 1.29 is 19.2 Å². The first-order chi connectivity index (χ1) is 16.3. The molecule has 0 aliphatic carbocycles. The molecule has 0 N–H and O–H groups in total. The Morgan fingerprint density at radius 2 is 1.79 bits per heavy atom. The number of carbonyl (C=O) groups excluding carboxylic acids is 1. The molecule has 10 heteroatoms. The Bertz CT molecular complexity index is 1320. The van der Waals surface area contributed by atoms with Gasteiger partial charge in [0, 0.05) is 18.1 Å². The molecule has 0 saturated carbocycles. The molecule has 0 fully saturated rings. The highest BCUT2D eigenvalue weighted by Gasteiger charge is 2.26. The summed E-state index contributed by atoms with van der Waals surface area (Å²) in [6.45, 7) is 0.545.